The fourth-order valence-corrected chi connectivity index (χ4v) is 1.77. The predicted octanol–water partition coefficient (Wildman–Crippen LogP) is 3.31. The van der Waals surface area contributed by atoms with Gasteiger partial charge in [0, 0.05) is 5.69 Å². The average molecular weight is 255 g/mol. The molecule has 1 aromatic heterocycles. The summed E-state index contributed by atoms with van der Waals surface area (Å²) in [5.74, 6) is 1.21. The molecule has 0 unspecified atom stereocenters. The van der Waals surface area contributed by atoms with Crippen LogP contribution in [0.5, 0.6) is 5.75 Å². The Morgan fingerprint density at radius 1 is 1.21 bits per heavy atom. The molecule has 0 spiro atoms. The van der Waals surface area contributed by atoms with Gasteiger partial charge in [0.1, 0.15) is 23.2 Å². The molecule has 0 radical (unpaired) electrons. The van der Waals surface area contributed by atoms with E-state index in [-0.39, 0.29) is 5.60 Å². The molecule has 3 N–H and O–H groups in total. The van der Waals surface area contributed by atoms with Crippen LogP contribution in [-0.2, 0) is 0 Å². The number of nitrogens with zero attached hydrogens (tertiary/aromatic N) is 1. The Balaban J connectivity index is 2.25. The van der Waals surface area contributed by atoms with Gasteiger partial charge >= 0.3 is 0 Å². The Kier molecular flexibility index (Phi) is 3.22. The smallest absolute Gasteiger partial charge is 0.120 e. The van der Waals surface area contributed by atoms with E-state index in [9.17, 15) is 0 Å². The monoisotopic (exact) mass is 255 g/mol. The summed E-state index contributed by atoms with van der Waals surface area (Å²) in [5, 5.41) is 8.88. The van der Waals surface area contributed by atoms with Crippen molar-refractivity contribution in [2.75, 3.05) is 5.73 Å². The Hall–Kier alpha value is -2.41. The Morgan fingerprint density at radius 2 is 1.84 bits per heavy atom. The second-order valence-corrected chi connectivity index (χ2v) is 5.36. The lowest BCUT2D eigenvalue weighted by Gasteiger charge is -2.21. The third-order valence-electron chi connectivity index (χ3n) is 2.56. The number of nitrogen functional groups attached to an aromatic ring is 1. The third-order valence-corrected chi connectivity index (χ3v) is 2.56. The molecule has 98 valence electrons. The second kappa shape index (κ2) is 4.69. The SMILES string of the molecule is CC(C)(C)Oc1ccc(-c2cc(C#N)c(N)[nH]2)cc1. The van der Waals surface area contributed by atoms with Gasteiger partial charge in [0.15, 0.2) is 0 Å². The summed E-state index contributed by atoms with van der Waals surface area (Å²) in [6.45, 7) is 6.02. The van der Waals surface area contributed by atoms with Gasteiger partial charge in [-0.15, -0.1) is 0 Å². The number of ether oxygens (including phenoxy) is 1. The second-order valence-electron chi connectivity index (χ2n) is 5.36. The van der Waals surface area contributed by atoms with Gasteiger partial charge in [-0.1, -0.05) is 0 Å². The fraction of sp³-hybridized carbons (Fsp3) is 0.267. The summed E-state index contributed by atoms with van der Waals surface area (Å²) in [5.41, 5.74) is 7.74. The Labute approximate surface area is 112 Å². The van der Waals surface area contributed by atoms with Gasteiger partial charge in [-0.3, -0.25) is 0 Å². The minimum absolute atomic E-state index is 0.216. The molecule has 0 aliphatic rings. The summed E-state index contributed by atoms with van der Waals surface area (Å²) in [7, 11) is 0. The maximum Gasteiger partial charge on any atom is 0.120 e. The van der Waals surface area contributed by atoms with Gasteiger partial charge in [0.2, 0.25) is 0 Å². The Morgan fingerprint density at radius 3 is 2.32 bits per heavy atom. The first kappa shape index (κ1) is 13.0. The molecule has 4 nitrogen and oxygen atoms in total. The third kappa shape index (κ3) is 3.08. The van der Waals surface area contributed by atoms with Crippen LogP contribution in [-0.4, -0.2) is 10.6 Å². The fourth-order valence-electron chi connectivity index (χ4n) is 1.77. The van der Waals surface area contributed by atoms with Crippen molar-refractivity contribution in [2.24, 2.45) is 0 Å². The highest BCUT2D eigenvalue weighted by Crippen LogP contribution is 2.26. The lowest BCUT2D eigenvalue weighted by molar-refractivity contribution is 0.131. The number of nitrogens with one attached hydrogen (secondary N) is 1. The van der Waals surface area contributed by atoms with Crippen LogP contribution < -0.4 is 10.5 Å². The zero-order valence-electron chi connectivity index (χ0n) is 11.3. The molecule has 0 fully saturated rings. The highest BCUT2D eigenvalue weighted by molar-refractivity contribution is 5.68. The highest BCUT2D eigenvalue weighted by Gasteiger charge is 2.12. The summed E-state index contributed by atoms with van der Waals surface area (Å²) >= 11 is 0. The van der Waals surface area contributed by atoms with Gasteiger partial charge < -0.3 is 15.5 Å². The van der Waals surface area contributed by atoms with Gasteiger partial charge in [0.05, 0.1) is 5.56 Å². The van der Waals surface area contributed by atoms with Gasteiger partial charge in [-0.25, -0.2) is 0 Å². The van der Waals surface area contributed by atoms with E-state index >= 15 is 0 Å². The van der Waals surface area contributed by atoms with Crippen molar-refractivity contribution in [3.8, 4) is 23.1 Å². The molecule has 19 heavy (non-hydrogen) atoms. The largest absolute Gasteiger partial charge is 0.488 e. The molecule has 0 atom stereocenters. The molecular formula is C15H17N3O. The molecule has 0 bridgehead atoms. The van der Waals surface area contributed by atoms with E-state index in [0.717, 1.165) is 17.0 Å². The molecule has 2 aromatic rings. The van der Waals surface area contributed by atoms with Gasteiger partial charge in [-0.2, -0.15) is 5.26 Å². The van der Waals surface area contributed by atoms with Crippen LogP contribution >= 0.6 is 0 Å². The predicted molar refractivity (Wildman–Crippen MR) is 75.7 cm³/mol. The minimum Gasteiger partial charge on any atom is -0.488 e. The van der Waals surface area contributed by atoms with Crippen LogP contribution in [0.2, 0.25) is 0 Å². The van der Waals surface area contributed by atoms with Gasteiger partial charge in [-0.05, 0) is 56.7 Å². The first-order valence-electron chi connectivity index (χ1n) is 6.07. The first-order valence-corrected chi connectivity index (χ1v) is 6.07. The van der Waals surface area contributed by atoms with Crippen LogP contribution in [0.25, 0.3) is 11.3 Å². The van der Waals surface area contributed by atoms with Crippen molar-refractivity contribution < 1.29 is 4.74 Å². The van der Waals surface area contributed by atoms with E-state index in [1.165, 1.54) is 0 Å². The maximum absolute atomic E-state index is 8.88. The number of aromatic nitrogens is 1. The number of nitrogens with two attached hydrogens (primary N) is 1. The summed E-state index contributed by atoms with van der Waals surface area (Å²) in [6, 6.07) is 11.5. The van der Waals surface area contributed by atoms with Crippen LogP contribution in [0, 0.1) is 11.3 Å². The van der Waals surface area contributed by atoms with Crippen LogP contribution in [0.4, 0.5) is 5.82 Å². The Bertz CT molecular complexity index is 612. The zero-order chi connectivity index (χ0) is 14.0. The molecule has 0 saturated heterocycles. The van der Waals surface area contributed by atoms with Crippen LogP contribution in [0.3, 0.4) is 0 Å². The number of H-pyrrole nitrogens is 1. The molecule has 2 rings (SSSR count). The van der Waals surface area contributed by atoms with E-state index in [1.807, 2.05) is 51.1 Å². The minimum atomic E-state index is -0.216. The number of anilines is 1. The van der Waals surface area contributed by atoms with Crippen LogP contribution in [0.1, 0.15) is 26.3 Å². The number of hydrogen-bond acceptors (Lipinski definition) is 3. The van der Waals surface area contributed by atoms with Gasteiger partial charge in [0.25, 0.3) is 0 Å². The maximum atomic E-state index is 8.88. The van der Waals surface area contributed by atoms with Crippen LogP contribution in [0.15, 0.2) is 30.3 Å². The van der Waals surface area contributed by atoms with E-state index in [1.54, 1.807) is 6.07 Å². The van der Waals surface area contributed by atoms with Crippen molar-refractivity contribution in [2.45, 2.75) is 26.4 Å². The van der Waals surface area contributed by atoms with Crippen molar-refractivity contribution >= 4 is 5.82 Å². The van der Waals surface area contributed by atoms with E-state index in [4.69, 9.17) is 15.7 Å². The quantitative estimate of drug-likeness (QED) is 0.864. The molecule has 1 aromatic carbocycles. The lowest BCUT2D eigenvalue weighted by Crippen LogP contribution is -2.22. The summed E-state index contributed by atoms with van der Waals surface area (Å²) in [6.07, 6.45) is 0. The van der Waals surface area contributed by atoms with Crippen molar-refractivity contribution in [1.29, 1.82) is 5.26 Å². The number of aromatic amines is 1. The topological polar surface area (TPSA) is 74.8 Å². The molecule has 0 amide bonds. The van der Waals surface area contributed by atoms with Crippen molar-refractivity contribution in [1.82, 2.24) is 4.98 Å². The highest BCUT2D eigenvalue weighted by atomic mass is 16.5. The lowest BCUT2D eigenvalue weighted by atomic mass is 10.1. The van der Waals surface area contributed by atoms with E-state index in [2.05, 4.69) is 4.98 Å². The first-order chi connectivity index (χ1) is 8.89. The van der Waals surface area contributed by atoms with Crippen molar-refractivity contribution in [3.63, 3.8) is 0 Å². The molecule has 0 aliphatic heterocycles. The molecular weight excluding hydrogens is 238 g/mol. The molecule has 1 heterocycles. The number of rotatable bonds is 2. The number of hydrogen-bond donors (Lipinski definition) is 2. The van der Waals surface area contributed by atoms with E-state index < -0.39 is 0 Å². The zero-order valence-corrected chi connectivity index (χ0v) is 11.3. The molecule has 0 aliphatic carbocycles. The van der Waals surface area contributed by atoms with Crippen molar-refractivity contribution in [3.05, 3.63) is 35.9 Å². The summed E-state index contributed by atoms with van der Waals surface area (Å²) < 4.78 is 5.76. The summed E-state index contributed by atoms with van der Waals surface area (Å²) in [4.78, 5) is 2.99. The number of benzene rings is 1. The van der Waals surface area contributed by atoms with E-state index in [0.29, 0.717) is 11.4 Å². The molecule has 4 heteroatoms. The number of nitriles is 1. The standard InChI is InChI=1S/C15H17N3O/c1-15(2,3)19-12-6-4-10(5-7-12)13-8-11(9-16)14(17)18-13/h4-8,18H,17H2,1-3H3. The molecule has 0 saturated carbocycles. The normalized spacial score (nSPS) is 11.1. The average Bonchev–Trinajstić information content (AvgIpc) is 2.69.